The number of hydrazone groups is 1. The minimum Gasteiger partial charge on any atom is -0.465 e. The highest BCUT2D eigenvalue weighted by atomic mass is 19.3. The molecule has 1 atom stereocenters. The third kappa shape index (κ3) is 2.83. The van der Waals surface area contributed by atoms with Gasteiger partial charge in [0.15, 0.2) is 0 Å². The van der Waals surface area contributed by atoms with Gasteiger partial charge >= 0.3 is 6.09 Å². The van der Waals surface area contributed by atoms with Crippen LogP contribution >= 0.6 is 0 Å². The average Bonchev–Trinajstić information content (AvgIpc) is 2.80. The topological polar surface area (TPSA) is 73.2 Å². The first kappa shape index (κ1) is 16.4. The Kier molecular flexibility index (Phi) is 4.21. The first-order chi connectivity index (χ1) is 11.4. The number of benzene rings is 1. The average molecular weight is 337 g/mol. The van der Waals surface area contributed by atoms with Crippen LogP contribution in [-0.4, -0.2) is 58.8 Å². The summed E-state index contributed by atoms with van der Waals surface area (Å²) in [6.07, 6.45) is -3.30. The van der Waals surface area contributed by atoms with E-state index in [0.29, 0.717) is 5.71 Å². The monoisotopic (exact) mass is 337 g/mol. The van der Waals surface area contributed by atoms with Crippen molar-refractivity contribution in [2.24, 2.45) is 10.5 Å². The largest absolute Gasteiger partial charge is 0.465 e. The van der Waals surface area contributed by atoms with Gasteiger partial charge in [0.05, 0.1) is 5.71 Å². The van der Waals surface area contributed by atoms with Crippen molar-refractivity contribution < 1.29 is 23.5 Å². The molecule has 1 aromatic rings. The second kappa shape index (κ2) is 6.18. The maximum absolute atomic E-state index is 12.8. The summed E-state index contributed by atoms with van der Waals surface area (Å²) >= 11 is 0. The Morgan fingerprint density at radius 3 is 2.67 bits per heavy atom. The van der Waals surface area contributed by atoms with E-state index in [9.17, 15) is 23.5 Å². The van der Waals surface area contributed by atoms with Crippen LogP contribution in [-0.2, 0) is 11.2 Å². The van der Waals surface area contributed by atoms with Crippen LogP contribution in [0.1, 0.15) is 12.0 Å². The minimum atomic E-state index is -2.69. The fraction of sp³-hybridized carbons (Fsp3) is 0.438. The smallest absolute Gasteiger partial charge is 0.407 e. The number of hydrogen-bond donors (Lipinski definition) is 1. The number of hydrogen-bond acceptors (Lipinski definition) is 3. The van der Waals surface area contributed by atoms with Crippen molar-refractivity contribution >= 4 is 17.7 Å². The third-order valence-electron chi connectivity index (χ3n) is 4.45. The molecule has 0 radical (unpaired) electrons. The number of likely N-dealkylation sites (tertiary alicyclic amines) is 1. The van der Waals surface area contributed by atoms with Gasteiger partial charge in [-0.15, -0.1) is 0 Å². The van der Waals surface area contributed by atoms with E-state index in [4.69, 9.17) is 0 Å². The van der Waals surface area contributed by atoms with Gasteiger partial charge in [0.25, 0.3) is 12.3 Å². The fourth-order valence-corrected chi connectivity index (χ4v) is 3.35. The molecule has 1 unspecified atom stereocenters. The zero-order valence-electron chi connectivity index (χ0n) is 12.9. The first-order valence-electron chi connectivity index (χ1n) is 7.62. The number of alkyl halides is 2. The van der Waals surface area contributed by atoms with Gasteiger partial charge in [-0.05, 0) is 12.0 Å². The van der Waals surface area contributed by atoms with E-state index in [0.717, 1.165) is 15.5 Å². The molecule has 8 heteroatoms. The maximum atomic E-state index is 12.8. The van der Waals surface area contributed by atoms with E-state index in [1.165, 1.54) is 0 Å². The standard InChI is InChI=1S/C16H17F2N3O3/c17-13(18)9-21-14(22)16(8-11-4-2-1-3-5-11)10-20(15(23)24)7-6-12(16)19-21/h1-5,13H,6-10H2,(H,23,24). The SMILES string of the molecule is O=C(O)N1CCC2=NN(CC(F)F)C(=O)C2(Cc2ccccc2)C1. The van der Waals surface area contributed by atoms with Gasteiger partial charge in [0.1, 0.15) is 12.0 Å². The summed E-state index contributed by atoms with van der Waals surface area (Å²) in [6.45, 7) is -0.624. The highest BCUT2D eigenvalue weighted by Gasteiger charge is 2.54. The molecule has 2 amide bonds. The quantitative estimate of drug-likeness (QED) is 0.914. The number of fused-ring (bicyclic) bond motifs is 1. The summed E-state index contributed by atoms with van der Waals surface area (Å²) in [5, 5.41) is 14.2. The minimum absolute atomic E-state index is 0.0609. The van der Waals surface area contributed by atoms with Crippen LogP contribution < -0.4 is 0 Å². The van der Waals surface area contributed by atoms with E-state index in [1.807, 2.05) is 30.3 Å². The summed E-state index contributed by atoms with van der Waals surface area (Å²) < 4.78 is 25.5. The lowest BCUT2D eigenvalue weighted by atomic mass is 9.73. The summed E-state index contributed by atoms with van der Waals surface area (Å²) in [7, 11) is 0. The summed E-state index contributed by atoms with van der Waals surface area (Å²) in [6, 6.07) is 9.12. The second-order valence-corrected chi connectivity index (χ2v) is 6.02. The molecule has 0 spiro atoms. The van der Waals surface area contributed by atoms with Crippen molar-refractivity contribution in [2.75, 3.05) is 19.6 Å². The zero-order valence-corrected chi connectivity index (χ0v) is 12.9. The predicted molar refractivity (Wildman–Crippen MR) is 81.9 cm³/mol. The van der Waals surface area contributed by atoms with Gasteiger partial charge in [-0.3, -0.25) is 4.79 Å². The molecule has 1 aromatic carbocycles. The Bertz CT molecular complexity index is 680. The van der Waals surface area contributed by atoms with Crippen LogP contribution in [0.25, 0.3) is 0 Å². The van der Waals surface area contributed by atoms with Crippen molar-refractivity contribution in [3.05, 3.63) is 35.9 Å². The van der Waals surface area contributed by atoms with Gasteiger partial charge in [-0.25, -0.2) is 18.6 Å². The van der Waals surface area contributed by atoms with Crippen LogP contribution in [0, 0.1) is 5.41 Å². The van der Waals surface area contributed by atoms with Crippen molar-refractivity contribution in [3.63, 3.8) is 0 Å². The molecule has 0 bridgehead atoms. The fourth-order valence-electron chi connectivity index (χ4n) is 3.35. The molecule has 0 aromatic heterocycles. The molecule has 128 valence electrons. The van der Waals surface area contributed by atoms with Crippen molar-refractivity contribution in [2.45, 2.75) is 19.3 Å². The molecule has 2 aliphatic rings. The van der Waals surface area contributed by atoms with Crippen molar-refractivity contribution in [1.29, 1.82) is 0 Å². The number of rotatable bonds is 4. The predicted octanol–water partition coefficient (Wildman–Crippen LogP) is 2.06. The summed E-state index contributed by atoms with van der Waals surface area (Å²) in [5.41, 5.74) is 0.145. The number of amides is 2. The molecule has 24 heavy (non-hydrogen) atoms. The molecule has 6 nitrogen and oxygen atoms in total. The van der Waals surface area contributed by atoms with Gasteiger partial charge in [-0.1, -0.05) is 30.3 Å². The normalized spacial score (nSPS) is 23.5. The Labute approximate surface area is 137 Å². The van der Waals surface area contributed by atoms with E-state index < -0.39 is 30.4 Å². The molecule has 1 fully saturated rings. The van der Waals surface area contributed by atoms with E-state index in [2.05, 4.69) is 5.10 Å². The lowest BCUT2D eigenvalue weighted by Gasteiger charge is -2.38. The van der Waals surface area contributed by atoms with Crippen LogP contribution in [0.2, 0.25) is 0 Å². The van der Waals surface area contributed by atoms with Crippen LogP contribution in [0.5, 0.6) is 0 Å². The van der Waals surface area contributed by atoms with Gasteiger partial charge in [0.2, 0.25) is 0 Å². The molecule has 2 aliphatic heterocycles. The van der Waals surface area contributed by atoms with E-state index >= 15 is 0 Å². The number of halogens is 2. The van der Waals surface area contributed by atoms with Gasteiger partial charge < -0.3 is 10.0 Å². The zero-order chi connectivity index (χ0) is 17.3. The highest BCUT2D eigenvalue weighted by molar-refractivity contribution is 6.13. The van der Waals surface area contributed by atoms with Crippen LogP contribution in [0.4, 0.5) is 13.6 Å². The summed E-state index contributed by atoms with van der Waals surface area (Å²) in [4.78, 5) is 25.3. The Morgan fingerprint density at radius 2 is 2.04 bits per heavy atom. The van der Waals surface area contributed by atoms with Crippen LogP contribution in [0.15, 0.2) is 35.4 Å². The van der Waals surface area contributed by atoms with E-state index in [-0.39, 0.29) is 25.9 Å². The Balaban J connectivity index is 1.96. The number of carboxylic acid groups (broad SMARTS) is 1. The highest BCUT2D eigenvalue weighted by Crippen LogP contribution is 2.38. The van der Waals surface area contributed by atoms with E-state index in [1.54, 1.807) is 0 Å². The Hall–Kier alpha value is -2.51. The number of nitrogens with zero attached hydrogens (tertiary/aromatic N) is 3. The molecule has 1 N–H and O–H groups in total. The molecule has 2 heterocycles. The molecule has 1 saturated heterocycles. The lowest BCUT2D eigenvalue weighted by molar-refractivity contribution is -0.138. The van der Waals surface area contributed by atoms with Crippen LogP contribution in [0.3, 0.4) is 0 Å². The van der Waals surface area contributed by atoms with Gasteiger partial charge in [0, 0.05) is 19.5 Å². The lowest BCUT2D eigenvalue weighted by Crippen LogP contribution is -2.55. The molecule has 3 rings (SSSR count). The third-order valence-corrected chi connectivity index (χ3v) is 4.45. The molecule has 0 saturated carbocycles. The second-order valence-electron chi connectivity index (χ2n) is 6.02. The first-order valence-corrected chi connectivity index (χ1v) is 7.62. The molecular weight excluding hydrogens is 320 g/mol. The Morgan fingerprint density at radius 1 is 1.33 bits per heavy atom. The van der Waals surface area contributed by atoms with Crippen molar-refractivity contribution in [1.82, 2.24) is 9.91 Å². The number of piperidine rings is 1. The molecule has 0 aliphatic carbocycles. The number of carbonyl (C=O) groups excluding carboxylic acids is 1. The summed E-state index contributed by atoms with van der Waals surface area (Å²) in [5.74, 6) is -0.549. The van der Waals surface area contributed by atoms with Gasteiger partial charge in [-0.2, -0.15) is 5.10 Å². The van der Waals surface area contributed by atoms with Crippen molar-refractivity contribution in [3.8, 4) is 0 Å². The maximum Gasteiger partial charge on any atom is 0.407 e. The molecular formula is C16H17F2N3O3. The number of carbonyl (C=O) groups is 2.